The Morgan fingerprint density at radius 1 is 0.822 bits per heavy atom. The highest BCUT2D eigenvalue weighted by Gasteiger charge is 2.35. The summed E-state index contributed by atoms with van der Waals surface area (Å²) in [6.45, 7) is 8.73. The highest BCUT2D eigenvalue weighted by atomic mass is 16.4. The molecule has 1 aliphatic rings. The maximum absolute atomic E-state index is 12.5. The van der Waals surface area contributed by atoms with Crippen LogP contribution in [0.1, 0.15) is 74.3 Å². The molecule has 3 atom stereocenters. The molecule has 1 fully saturated rings. The number of nitrogens with one attached hydrogen (secondary N) is 2. The summed E-state index contributed by atoms with van der Waals surface area (Å²) in [6.07, 6.45) is 3.77. The Hall–Kier alpha value is -4.26. The molecule has 0 bridgehead atoms. The van der Waals surface area contributed by atoms with Crippen molar-refractivity contribution in [2.75, 3.05) is 0 Å². The van der Waals surface area contributed by atoms with Crippen molar-refractivity contribution in [3.05, 3.63) is 131 Å². The van der Waals surface area contributed by atoms with Crippen molar-refractivity contribution in [3.63, 3.8) is 0 Å². The SMILES string of the molecule is CCC1C(=O)NNN1C(CCc1ccc(C(C)(C)C)cc1)Cc1ccc(-c2cccc(C(Cc3ccccc3)C(=O)O)c2)cc1. The van der Waals surface area contributed by atoms with Gasteiger partial charge in [0, 0.05) is 6.04 Å². The molecule has 1 saturated heterocycles. The van der Waals surface area contributed by atoms with Gasteiger partial charge >= 0.3 is 5.97 Å². The topological polar surface area (TPSA) is 81.7 Å². The zero-order valence-electron chi connectivity index (χ0n) is 26.8. The van der Waals surface area contributed by atoms with Gasteiger partial charge in [-0.25, -0.2) is 5.01 Å². The van der Waals surface area contributed by atoms with Crippen molar-refractivity contribution in [2.45, 2.75) is 83.2 Å². The number of carbonyl (C=O) groups excluding carboxylic acids is 1. The summed E-state index contributed by atoms with van der Waals surface area (Å²) in [4.78, 5) is 24.8. The molecule has 5 rings (SSSR count). The number of benzene rings is 4. The minimum atomic E-state index is -0.823. The van der Waals surface area contributed by atoms with Crippen LogP contribution in [0.25, 0.3) is 11.1 Å². The van der Waals surface area contributed by atoms with Crippen molar-refractivity contribution < 1.29 is 14.7 Å². The lowest BCUT2D eigenvalue weighted by atomic mass is 9.86. The molecular weight excluding hydrogens is 558 g/mol. The third kappa shape index (κ3) is 8.07. The number of nitrogens with zero attached hydrogens (tertiary/aromatic N) is 1. The van der Waals surface area contributed by atoms with E-state index in [2.05, 4.69) is 85.3 Å². The summed E-state index contributed by atoms with van der Waals surface area (Å²) in [7, 11) is 0. The number of rotatable bonds is 12. The number of hydrogen-bond acceptors (Lipinski definition) is 4. The van der Waals surface area contributed by atoms with Crippen LogP contribution >= 0.6 is 0 Å². The molecule has 234 valence electrons. The molecule has 3 unspecified atom stereocenters. The number of amides is 1. The van der Waals surface area contributed by atoms with Crippen molar-refractivity contribution >= 4 is 11.9 Å². The zero-order valence-corrected chi connectivity index (χ0v) is 26.8. The minimum Gasteiger partial charge on any atom is -0.481 e. The van der Waals surface area contributed by atoms with Crippen LogP contribution in [0, 0.1) is 0 Å². The number of carboxylic acids is 1. The molecule has 6 nitrogen and oxygen atoms in total. The van der Waals surface area contributed by atoms with Crippen molar-refractivity contribution in [1.82, 2.24) is 16.0 Å². The number of aliphatic carboxylic acids is 1. The van der Waals surface area contributed by atoms with Crippen LogP contribution < -0.4 is 11.0 Å². The molecule has 1 heterocycles. The molecular formula is C39H45N3O3. The van der Waals surface area contributed by atoms with Crippen LogP contribution in [0.5, 0.6) is 0 Å². The van der Waals surface area contributed by atoms with E-state index in [0.29, 0.717) is 6.42 Å². The number of carbonyl (C=O) groups is 2. The van der Waals surface area contributed by atoms with Gasteiger partial charge in [-0.05, 0) is 76.5 Å². The third-order valence-corrected chi connectivity index (χ3v) is 8.94. The van der Waals surface area contributed by atoms with Gasteiger partial charge in [0.2, 0.25) is 0 Å². The number of hydrazine groups is 2. The standard InChI is InChI=1S/C39H45N3O3/c1-5-36-37(43)40-41-42(36)34(23-18-27-16-21-33(22-17-27)39(2,3)4)24-29-14-19-30(20-15-29)31-12-9-13-32(26-31)35(38(44)45)25-28-10-7-6-8-11-28/h6-17,19-22,26,34-36,41H,5,18,23-25H2,1-4H3,(H,40,43)(H,44,45). The van der Waals surface area contributed by atoms with E-state index in [1.165, 1.54) is 16.7 Å². The normalized spacial score (nSPS) is 16.7. The van der Waals surface area contributed by atoms with Gasteiger partial charge in [0.1, 0.15) is 6.04 Å². The second-order valence-corrected chi connectivity index (χ2v) is 13.2. The van der Waals surface area contributed by atoms with Crippen LogP contribution in [-0.2, 0) is 34.3 Å². The second kappa shape index (κ2) is 14.2. The molecule has 1 aliphatic heterocycles. The van der Waals surface area contributed by atoms with Crippen LogP contribution in [-0.4, -0.2) is 34.1 Å². The Balaban J connectivity index is 1.32. The number of hydrogen-bond donors (Lipinski definition) is 3. The maximum atomic E-state index is 12.5. The Labute approximate surface area is 267 Å². The molecule has 0 saturated carbocycles. The molecule has 6 heteroatoms. The highest BCUT2D eigenvalue weighted by molar-refractivity contribution is 5.82. The Morgan fingerprint density at radius 2 is 1.49 bits per heavy atom. The fourth-order valence-electron chi connectivity index (χ4n) is 6.22. The van der Waals surface area contributed by atoms with E-state index in [-0.39, 0.29) is 23.4 Å². The van der Waals surface area contributed by atoms with Gasteiger partial charge in [-0.2, -0.15) is 5.53 Å². The average Bonchev–Trinajstić information content (AvgIpc) is 3.42. The van der Waals surface area contributed by atoms with E-state index in [0.717, 1.165) is 47.9 Å². The Kier molecular flexibility index (Phi) is 10.2. The monoisotopic (exact) mass is 603 g/mol. The molecule has 0 spiro atoms. The first-order valence-electron chi connectivity index (χ1n) is 16.0. The van der Waals surface area contributed by atoms with Gasteiger partial charge in [0.25, 0.3) is 5.91 Å². The predicted octanol–water partition coefficient (Wildman–Crippen LogP) is 7.24. The van der Waals surface area contributed by atoms with Crippen LogP contribution in [0.3, 0.4) is 0 Å². The van der Waals surface area contributed by atoms with E-state index >= 15 is 0 Å². The lowest BCUT2D eigenvalue weighted by molar-refractivity contribution is -0.138. The Bertz CT molecular complexity index is 1580. The lowest BCUT2D eigenvalue weighted by Gasteiger charge is -2.30. The van der Waals surface area contributed by atoms with Crippen molar-refractivity contribution in [1.29, 1.82) is 0 Å². The van der Waals surface area contributed by atoms with E-state index in [1.807, 2.05) is 61.5 Å². The highest BCUT2D eigenvalue weighted by Crippen LogP contribution is 2.29. The fraction of sp³-hybridized carbons (Fsp3) is 0.333. The van der Waals surface area contributed by atoms with E-state index in [4.69, 9.17) is 0 Å². The molecule has 0 aliphatic carbocycles. The first-order chi connectivity index (χ1) is 21.6. The maximum Gasteiger partial charge on any atom is 0.311 e. The summed E-state index contributed by atoms with van der Waals surface area (Å²) < 4.78 is 0. The largest absolute Gasteiger partial charge is 0.481 e. The molecule has 0 aromatic heterocycles. The van der Waals surface area contributed by atoms with Gasteiger partial charge in [0.05, 0.1) is 5.92 Å². The average molecular weight is 604 g/mol. The number of aryl methyl sites for hydroxylation is 1. The van der Waals surface area contributed by atoms with Crippen molar-refractivity contribution in [2.24, 2.45) is 0 Å². The van der Waals surface area contributed by atoms with Gasteiger partial charge in [-0.3, -0.25) is 15.0 Å². The second-order valence-electron chi connectivity index (χ2n) is 13.2. The molecule has 3 N–H and O–H groups in total. The van der Waals surface area contributed by atoms with E-state index < -0.39 is 11.9 Å². The molecule has 4 aromatic rings. The molecule has 45 heavy (non-hydrogen) atoms. The van der Waals surface area contributed by atoms with Gasteiger partial charge < -0.3 is 5.11 Å². The smallest absolute Gasteiger partial charge is 0.311 e. The minimum absolute atomic E-state index is 0.0131. The van der Waals surface area contributed by atoms with Gasteiger partial charge in [-0.1, -0.05) is 131 Å². The fourth-order valence-corrected chi connectivity index (χ4v) is 6.22. The van der Waals surface area contributed by atoms with Crippen molar-refractivity contribution in [3.8, 4) is 11.1 Å². The molecule has 4 aromatic carbocycles. The first kappa shape index (κ1) is 32.1. The number of carboxylic acid groups (broad SMARTS) is 1. The van der Waals surface area contributed by atoms with Gasteiger partial charge in [-0.15, -0.1) is 0 Å². The lowest BCUT2D eigenvalue weighted by Crippen LogP contribution is -2.48. The molecule has 1 amide bonds. The van der Waals surface area contributed by atoms with E-state index in [9.17, 15) is 14.7 Å². The zero-order chi connectivity index (χ0) is 32.0. The third-order valence-electron chi connectivity index (χ3n) is 8.94. The predicted molar refractivity (Wildman–Crippen MR) is 181 cm³/mol. The molecule has 0 radical (unpaired) electrons. The van der Waals surface area contributed by atoms with Crippen LogP contribution in [0.4, 0.5) is 0 Å². The summed E-state index contributed by atoms with van der Waals surface area (Å²) in [5.41, 5.74) is 13.7. The summed E-state index contributed by atoms with van der Waals surface area (Å²) in [5.74, 6) is -1.43. The first-order valence-corrected chi connectivity index (χ1v) is 16.0. The van der Waals surface area contributed by atoms with Crippen LogP contribution in [0.15, 0.2) is 103 Å². The van der Waals surface area contributed by atoms with E-state index in [1.54, 1.807) is 0 Å². The summed E-state index contributed by atoms with van der Waals surface area (Å²) >= 11 is 0. The van der Waals surface area contributed by atoms with Crippen LogP contribution in [0.2, 0.25) is 0 Å². The van der Waals surface area contributed by atoms with Gasteiger partial charge in [0.15, 0.2) is 0 Å². The quantitative estimate of drug-likeness (QED) is 0.159. The Morgan fingerprint density at radius 3 is 2.13 bits per heavy atom. The summed E-state index contributed by atoms with van der Waals surface area (Å²) in [6, 6.07) is 35.0. The summed E-state index contributed by atoms with van der Waals surface area (Å²) in [5, 5.41) is 12.1.